The van der Waals surface area contributed by atoms with Gasteiger partial charge < -0.3 is 10.2 Å². The highest BCUT2D eigenvalue weighted by molar-refractivity contribution is 5.73. The van der Waals surface area contributed by atoms with Crippen LogP contribution in [-0.4, -0.2) is 36.5 Å². The average molecular weight is 304 g/mol. The number of carbonyl (C=O) groups is 1. The van der Waals surface area contributed by atoms with E-state index in [1.807, 2.05) is 4.90 Å². The van der Waals surface area contributed by atoms with Crippen LogP contribution in [0.5, 0.6) is 0 Å². The molecule has 1 amide bonds. The molecule has 0 aromatic rings. The van der Waals surface area contributed by atoms with Crippen molar-refractivity contribution < 1.29 is 4.79 Å². The van der Waals surface area contributed by atoms with Crippen LogP contribution in [0.25, 0.3) is 0 Å². The second-order valence-corrected chi connectivity index (χ2v) is 8.45. The summed E-state index contributed by atoms with van der Waals surface area (Å²) in [6.45, 7) is 4.87. The van der Waals surface area contributed by atoms with Crippen LogP contribution in [0.1, 0.15) is 58.3 Å². The number of hydrogen-bond acceptors (Lipinski definition) is 2. The van der Waals surface area contributed by atoms with E-state index < -0.39 is 0 Å². The van der Waals surface area contributed by atoms with E-state index in [1.165, 1.54) is 57.9 Å². The Kier molecular flexibility index (Phi) is 4.19. The van der Waals surface area contributed by atoms with E-state index in [4.69, 9.17) is 0 Å². The summed E-state index contributed by atoms with van der Waals surface area (Å²) in [6.07, 6.45) is 11.3. The van der Waals surface area contributed by atoms with Gasteiger partial charge in [0.25, 0.3) is 0 Å². The molecule has 3 aliphatic carbocycles. The van der Waals surface area contributed by atoms with Gasteiger partial charge in [0, 0.05) is 26.1 Å². The standard InChI is InChI=1S/C19H32N2O/c1-13(22)21-9-6-14(7-10-21)5-8-20-19-12-15-11-18(19)17-4-2-3-16(15)17/h14-20H,2-12H2,1H3. The predicted molar refractivity (Wildman–Crippen MR) is 88.4 cm³/mol. The van der Waals surface area contributed by atoms with Crippen LogP contribution in [0, 0.1) is 29.6 Å². The fourth-order valence-corrected chi connectivity index (χ4v) is 6.31. The normalized spacial score (nSPS) is 41.1. The molecule has 3 nitrogen and oxygen atoms in total. The Labute approximate surface area is 135 Å². The first-order valence-corrected chi connectivity index (χ1v) is 9.71. The Morgan fingerprint density at radius 3 is 2.59 bits per heavy atom. The van der Waals surface area contributed by atoms with Crippen molar-refractivity contribution in [2.24, 2.45) is 29.6 Å². The van der Waals surface area contributed by atoms with Gasteiger partial charge in [0.05, 0.1) is 0 Å². The number of fused-ring (bicyclic) bond motifs is 5. The minimum absolute atomic E-state index is 0.254. The monoisotopic (exact) mass is 304 g/mol. The fourth-order valence-electron chi connectivity index (χ4n) is 6.31. The number of nitrogens with zero attached hydrogens (tertiary/aromatic N) is 1. The van der Waals surface area contributed by atoms with E-state index in [1.54, 1.807) is 6.92 Å². The van der Waals surface area contributed by atoms with E-state index >= 15 is 0 Å². The zero-order chi connectivity index (χ0) is 15.1. The summed E-state index contributed by atoms with van der Waals surface area (Å²) in [5.74, 6) is 5.35. The molecule has 1 saturated heterocycles. The van der Waals surface area contributed by atoms with Gasteiger partial charge in [-0.15, -0.1) is 0 Å². The molecule has 5 atom stereocenters. The summed E-state index contributed by atoms with van der Waals surface area (Å²) in [5, 5.41) is 3.93. The number of rotatable bonds is 4. The number of amides is 1. The van der Waals surface area contributed by atoms with Gasteiger partial charge in [0.2, 0.25) is 5.91 Å². The van der Waals surface area contributed by atoms with Gasteiger partial charge in [-0.1, -0.05) is 6.42 Å². The van der Waals surface area contributed by atoms with Crippen LogP contribution >= 0.6 is 0 Å². The molecular formula is C19H32N2O. The predicted octanol–water partition coefficient (Wildman–Crippen LogP) is 3.05. The zero-order valence-electron chi connectivity index (χ0n) is 14.1. The van der Waals surface area contributed by atoms with Crippen LogP contribution in [0.3, 0.4) is 0 Å². The van der Waals surface area contributed by atoms with Crippen molar-refractivity contribution in [3.8, 4) is 0 Å². The van der Waals surface area contributed by atoms with Gasteiger partial charge in [-0.05, 0) is 81.1 Å². The smallest absolute Gasteiger partial charge is 0.219 e. The average Bonchev–Trinajstić information content (AvgIpc) is 3.20. The Morgan fingerprint density at radius 2 is 1.82 bits per heavy atom. The maximum Gasteiger partial charge on any atom is 0.219 e. The summed E-state index contributed by atoms with van der Waals surface area (Å²) in [6, 6.07) is 0.835. The Hall–Kier alpha value is -0.570. The van der Waals surface area contributed by atoms with Gasteiger partial charge in [0.1, 0.15) is 0 Å². The minimum Gasteiger partial charge on any atom is -0.343 e. The second kappa shape index (κ2) is 6.14. The Morgan fingerprint density at radius 1 is 1.05 bits per heavy atom. The largest absolute Gasteiger partial charge is 0.343 e. The van der Waals surface area contributed by atoms with Crippen LogP contribution in [0.2, 0.25) is 0 Å². The first-order valence-electron chi connectivity index (χ1n) is 9.71. The van der Waals surface area contributed by atoms with Crippen molar-refractivity contribution in [1.29, 1.82) is 0 Å². The summed E-state index contributed by atoms with van der Waals surface area (Å²) in [7, 11) is 0. The number of hydrogen-bond donors (Lipinski definition) is 1. The van der Waals surface area contributed by atoms with E-state index in [9.17, 15) is 4.79 Å². The highest BCUT2D eigenvalue weighted by Gasteiger charge is 2.53. The van der Waals surface area contributed by atoms with Crippen LogP contribution < -0.4 is 5.32 Å². The SMILES string of the molecule is CC(=O)N1CCC(CCNC2CC3CC2C2CCCC32)CC1. The van der Waals surface area contributed by atoms with Gasteiger partial charge in [-0.3, -0.25) is 4.79 Å². The van der Waals surface area contributed by atoms with Crippen molar-refractivity contribution in [2.45, 2.75) is 64.3 Å². The number of carbonyl (C=O) groups excluding carboxylic acids is 1. The Balaban J connectivity index is 1.18. The first-order chi connectivity index (χ1) is 10.7. The molecule has 1 aliphatic heterocycles. The molecule has 0 radical (unpaired) electrons. The third kappa shape index (κ3) is 2.70. The second-order valence-electron chi connectivity index (χ2n) is 8.45. The summed E-state index contributed by atoms with van der Waals surface area (Å²) in [5.41, 5.74) is 0. The summed E-state index contributed by atoms with van der Waals surface area (Å²) >= 11 is 0. The molecule has 1 N–H and O–H groups in total. The van der Waals surface area contributed by atoms with Gasteiger partial charge >= 0.3 is 0 Å². The molecule has 5 unspecified atom stereocenters. The van der Waals surface area contributed by atoms with Crippen molar-refractivity contribution in [1.82, 2.24) is 10.2 Å². The third-order valence-corrected chi connectivity index (χ3v) is 7.45. The molecule has 124 valence electrons. The van der Waals surface area contributed by atoms with Gasteiger partial charge in [0.15, 0.2) is 0 Å². The molecule has 4 aliphatic rings. The summed E-state index contributed by atoms with van der Waals surface area (Å²) in [4.78, 5) is 13.4. The molecule has 4 fully saturated rings. The minimum atomic E-state index is 0.254. The van der Waals surface area contributed by atoms with E-state index in [0.717, 1.165) is 48.7 Å². The number of likely N-dealkylation sites (tertiary alicyclic amines) is 1. The lowest BCUT2D eigenvalue weighted by Crippen LogP contribution is -2.41. The van der Waals surface area contributed by atoms with Crippen molar-refractivity contribution in [2.75, 3.05) is 19.6 Å². The van der Waals surface area contributed by atoms with E-state index in [2.05, 4.69) is 5.32 Å². The molecule has 3 heteroatoms. The molecule has 22 heavy (non-hydrogen) atoms. The lowest BCUT2D eigenvalue weighted by atomic mass is 9.79. The molecular weight excluding hydrogens is 272 g/mol. The van der Waals surface area contributed by atoms with Crippen molar-refractivity contribution in [3.05, 3.63) is 0 Å². The molecule has 1 heterocycles. The summed E-state index contributed by atoms with van der Waals surface area (Å²) < 4.78 is 0. The fraction of sp³-hybridized carbons (Fsp3) is 0.947. The van der Waals surface area contributed by atoms with E-state index in [-0.39, 0.29) is 5.91 Å². The number of nitrogens with one attached hydrogen (secondary N) is 1. The highest BCUT2D eigenvalue weighted by atomic mass is 16.2. The van der Waals surface area contributed by atoms with E-state index in [0.29, 0.717) is 0 Å². The molecule has 4 rings (SSSR count). The maximum atomic E-state index is 11.4. The number of piperidine rings is 1. The molecule has 2 bridgehead atoms. The highest BCUT2D eigenvalue weighted by Crippen LogP contribution is 2.58. The van der Waals surface area contributed by atoms with Gasteiger partial charge in [-0.2, -0.15) is 0 Å². The maximum absolute atomic E-state index is 11.4. The quantitative estimate of drug-likeness (QED) is 0.866. The van der Waals surface area contributed by atoms with Gasteiger partial charge in [-0.25, -0.2) is 0 Å². The molecule has 0 aromatic heterocycles. The van der Waals surface area contributed by atoms with Crippen molar-refractivity contribution in [3.63, 3.8) is 0 Å². The molecule has 0 spiro atoms. The molecule has 0 aromatic carbocycles. The topological polar surface area (TPSA) is 32.3 Å². The van der Waals surface area contributed by atoms with Crippen LogP contribution in [0.4, 0.5) is 0 Å². The van der Waals surface area contributed by atoms with Crippen molar-refractivity contribution >= 4 is 5.91 Å². The lowest BCUT2D eigenvalue weighted by molar-refractivity contribution is -0.130. The lowest BCUT2D eigenvalue weighted by Gasteiger charge is -2.34. The van der Waals surface area contributed by atoms with Crippen LogP contribution in [0.15, 0.2) is 0 Å². The molecule has 3 saturated carbocycles. The Bertz CT molecular complexity index is 416. The third-order valence-electron chi connectivity index (χ3n) is 7.45. The first kappa shape index (κ1) is 15.0. The zero-order valence-corrected chi connectivity index (χ0v) is 14.1. The van der Waals surface area contributed by atoms with Crippen LogP contribution in [-0.2, 0) is 4.79 Å².